The smallest absolute Gasteiger partial charge is 0.140 e. The first-order valence-electron chi connectivity index (χ1n) is 5.45. The van der Waals surface area contributed by atoms with Crippen molar-refractivity contribution in [1.29, 1.82) is 0 Å². The van der Waals surface area contributed by atoms with E-state index in [0.29, 0.717) is 5.16 Å². The lowest BCUT2D eigenvalue weighted by Gasteiger charge is -2.25. The Kier molecular flexibility index (Phi) is 3.41. The molecule has 0 saturated carbocycles. The van der Waals surface area contributed by atoms with Gasteiger partial charge in [-0.05, 0) is 31.9 Å². The molecule has 5 heteroatoms. The minimum atomic E-state index is -0.0728. The first-order valence-corrected chi connectivity index (χ1v) is 8.96. The van der Waals surface area contributed by atoms with Crippen LogP contribution in [0.25, 0.3) is 0 Å². The van der Waals surface area contributed by atoms with Gasteiger partial charge in [-0.2, -0.15) is 0 Å². The first-order chi connectivity index (χ1) is 8.75. The second-order valence-corrected chi connectivity index (χ2v) is 7.63. The third-order valence-corrected chi connectivity index (χ3v) is 5.83. The maximum atomic E-state index is 6.12. The normalized spacial score (nSPS) is 21.8. The second-order valence-electron chi connectivity index (χ2n) is 3.95. The molecule has 1 aromatic carbocycles. The number of aliphatic imine (C=N–C) groups is 1. The lowest BCUT2D eigenvalue weighted by atomic mass is 10.2. The monoisotopic (exact) mass is 340 g/mol. The zero-order valence-electron chi connectivity index (χ0n) is 9.38. The lowest BCUT2D eigenvalue weighted by molar-refractivity contribution is 0.628. The molecule has 2 heterocycles. The summed E-state index contributed by atoms with van der Waals surface area (Å²) in [6.07, 6.45) is 3.84. The maximum Gasteiger partial charge on any atom is 0.140 e. The summed E-state index contributed by atoms with van der Waals surface area (Å²) in [5.74, 6) is 0. The fraction of sp³-hybridized carbons (Fsp3) is 0.0769. The van der Waals surface area contributed by atoms with E-state index in [1.54, 1.807) is 0 Å². The largest absolute Gasteiger partial charge is 0.322 e. The van der Waals surface area contributed by atoms with Gasteiger partial charge in [-0.1, -0.05) is 50.9 Å². The summed E-state index contributed by atoms with van der Waals surface area (Å²) in [6, 6.07) is 10.3. The molecule has 2 aliphatic heterocycles. The lowest BCUT2D eigenvalue weighted by Crippen LogP contribution is -2.31. The molecule has 18 heavy (non-hydrogen) atoms. The molecule has 0 N–H and O–H groups in total. The van der Waals surface area contributed by atoms with Crippen molar-refractivity contribution >= 4 is 46.7 Å². The van der Waals surface area contributed by atoms with Gasteiger partial charge in [-0.25, -0.2) is 4.99 Å². The number of hydrogen-bond acceptors (Lipinski definition) is 2. The first kappa shape index (κ1) is 12.2. The zero-order chi connectivity index (χ0) is 12.5. The molecule has 3 rings (SSSR count). The number of fused-ring (bicyclic) bond motifs is 1. The van der Waals surface area contributed by atoms with Crippen molar-refractivity contribution in [2.75, 3.05) is 0 Å². The van der Waals surface area contributed by atoms with Gasteiger partial charge in [0, 0.05) is 12.1 Å². The summed E-state index contributed by atoms with van der Waals surface area (Å²) < 4.78 is 0. The van der Waals surface area contributed by atoms with Gasteiger partial charge < -0.3 is 4.90 Å². The third-order valence-electron chi connectivity index (χ3n) is 2.76. The van der Waals surface area contributed by atoms with E-state index in [1.165, 1.54) is 10.6 Å². The molecule has 0 aliphatic carbocycles. The van der Waals surface area contributed by atoms with Crippen LogP contribution in [0.4, 0.5) is 0 Å². The minimum absolute atomic E-state index is 0.0728. The Balaban J connectivity index is 1.92. The predicted octanol–water partition coefficient (Wildman–Crippen LogP) is 4.22. The molecule has 2 aliphatic rings. The molecule has 1 unspecified atom stereocenters. The van der Waals surface area contributed by atoms with Gasteiger partial charge >= 0.3 is 0 Å². The molecule has 0 fully saturated rings. The molecule has 0 bridgehead atoms. The fourth-order valence-electron chi connectivity index (χ4n) is 1.93. The summed E-state index contributed by atoms with van der Waals surface area (Å²) in [5.41, 5.74) is 2.28. The molecule has 2 nitrogen and oxygen atoms in total. The van der Waals surface area contributed by atoms with Crippen molar-refractivity contribution in [1.82, 2.24) is 4.90 Å². The Morgan fingerprint density at radius 3 is 2.83 bits per heavy atom. The SMILES string of the molecule is ClC1=C2C=CS(Br)=C2N(Cc2ccccc2)C=N1. The summed E-state index contributed by atoms with van der Waals surface area (Å²) in [7, 11) is -0.0728. The highest BCUT2D eigenvalue weighted by atomic mass is 79.9. The van der Waals surface area contributed by atoms with Crippen LogP contribution in [0.15, 0.2) is 57.5 Å². The number of rotatable bonds is 2. The van der Waals surface area contributed by atoms with Crippen molar-refractivity contribution < 1.29 is 0 Å². The maximum absolute atomic E-state index is 6.12. The Morgan fingerprint density at radius 1 is 1.28 bits per heavy atom. The molecular weight excluding hydrogens is 332 g/mol. The van der Waals surface area contributed by atoms with Gasteiger partial charge in [0.25, 0.3) is 0 Å². The van der Waals surface area contributed by atoms with Crippen LogP contribution in [-0.2, 0) is 6.54 Å². The molecule has 1 atom stereocenters. The quantitative estimate of drug-likeness (QED) is 0.581. The molecule has 92 valence electrons. The van der Waals surface area contributed by atoms with E-state index in [1.807, 2.05) is 30.6 Å². The Hall–Kier alpha value is -0.840. The molecule has 0 amide bonds. The molecule has 1 aromatic rings. The van der Waals surface area contributed by atoms with Crippen LogP contribution >= 0.6 is 35.3 Å². The predicted molar refractivity (Wildman–Crippen MR) is 84.0 cm³/mol. The van der Waals surface area contributed by atoms with Gasteiger partial charge in [-0.15, -0.1) is 0 Å². The Bertz CT molecular complexity index is 605. The molecule has 0 aromatic heterocycles. The summed E-state index contributed by atoms with van der Waals surface area (Å²) in [6.45, 7) is 0.810. The standard InChI is InChI=1S/C13H10BrClN2S/c14-18-7-6-11-12(15)16-9-17(13(11)18)8-10-4-2-1-3-5-10/h1-7,9H,8H2. The van der Waals surface area contributed by atoms with Crippen molar-refractivity contribution in [3.63, 3.8) is 0 Å². The summed E-state index contributed by atoms with van der Waals surface area (Å²) in [5, 5.41) is 2.68. The van der Waals surface area contributed by atoms with Crippen LogP contribution < -0.4 is 0 Å². The highest BCUT2D eigenvalue weighted by Gasteiger charge is 2.24. The number of nitrogens with zero attached hydrogens (tertiary/aromatic N) is 2. The third kappa shape index (κ3) is 2.20. The molecule has 0 spiro atoms. The highest BCUT2D eigenvalue weighted by Crippen LogP contribution is 2.39. The zero-order valence-corrected chi connectivity index (χ0v) is 12.5. The minimum Gasteiger partial charge on any atom is -0.322 e. The van der Waals surface area contributed by atoms with Crippen molar-refractivity contribution in [2.24, 2.45) is 4.99 Å². The van der Waals surface area contributed by atoms with E-state index < -0.39 is 0 Å². The number of halogens is 2. The Morgan fingerprint density at radius 2 is 2.06 bits per heavy atom. The van der Waals surface area contributed by atoms with Crippen LogP contribution in [0.1, 0.15) is 5.56 Å². The molecule has 0 saturated heterocycles. The van der Waals surface area contributed by atoms with E-state index in [-0.39, 0.29) is 8.92 Å². The van der Waals surface area contributed by atoms with Gasteiger partial charge in [0.1, 0.15) is 5.16 Å². The van der Waals surface area contributed by atoms with Crippen LogP contribution in [0.3, 0.4) is 0 Å². The average Bonchev–Trinajstić information content (AvgIpc) is 2.78. The summed E-state index contributed by atoms with van der Waals surface area (Å²) >= 11 is 9.79. The molecule has 0 radical (unpaired) electrons. The summed E-state index contributed by atoms with van der Waals surface area (Å²) in [4.78, 5) is 7.58. The van der Waals surface area contributed by atoms with E-state index in [9.17, 15) is 0 Å². The average molecular weight is 342 g/mol. The van der Waals surface area contributed by atoms with Gasteiger partial charge in [0.05, 0.1) is 11.3 Å². The van der Waals surface area contributed by atoms with Crippen LogP contribution in [0.5, 0.6) is 0 Å². The molecular formula is C13H10BrClN2S. The van der Waals surface area contributed by atoms with Crippen molar-refractivity contribution in [3.05, 3.63) is 58.1 Å². The van der Waals surface area contributed by atoms with Crippen molar-refractivity contribution in [3.8, 4) is 0 Å². The van der Waals surface area contributed by atoms with Crippen LogP contribution in [-0.4, -0.2) is 16.2 Å². The fourth-order valence-corrected chi connectivity index (χ4v) is 4.68. The van der Waals surface area contributed by atoms with Gasteiger partial charge in [0.15, 0.2) is 0 Å². The second kappa shape index (κ2) is 5.03. The van der Waals surface area contributed by atoms with E-state index in [2.05, 4.69) is 42.2 Å². The Labute approximate surface area is 121 Å². The topological polar surface area (TPSA) is 15.6 Å². The number of hydrogen-bond donors (Lipinski definition) is 0. The van der Waals surface area contributed by atoms with Crippen LogP contribution in [0.2, 0.25) is 0 Å². The highest BCUT2D eigenvalue weighted by molar-refractivity contribution is 9.53. The van der Waals surface area contributed by atoms with Gasteiger partial charge in [-0.3, -0.25) is 0 Å². The van der Waals surface area contributed by atoms with Gasteiger partial charge in [0.2, 0.25) is 0 Å². The van der Waals surface area contributed by atoms with Crippen molar-refractivity contribution in [2.45, 2.75) is 6.54 Å². The number of benzene rings is 1. The van der Waals surface area contributed by atoms with E-state index >= 15 is 0 Å². The van der Waals surface area contributed by atoms with E-state index in [4.69, 9.17) is 11.6 Å². The van der Waals surface area contributed by atoms with Crippen LogP contribution in [0, 0.1) is 0 Å². The van der Waals surface area contributed by atoms with E-state index in [0.717, 1.165) is 12.1 Å².